The summed E-state index contributed by atoms with van der Waals surface area (Å²) in [7, 11) is 0. The number of rotatable bonds is 9. The third-order valence-corrected chi connectivity index (χ3v) is 6.13. The molecule has 2 aromatic carbocycles. The standard InChI is InChI=1S/C26H28N2O5S/c1-18-15-23(34-2)33-24(18)26(30)27-11-12-28(17-19-7-4-3-5-8-19)22(29)16-20-9-6-10-21-25(20)32-14-13-31-21/h3-10,15H,11-14,16-17H2,1-2H3,(H,27,30). The Kier molecular flexibility index (Phi) is 7.80. The number of thioether (sulfide) groups is 1. The average Bonchev–Trinajstić information content (AvgIpc) is 3.25. The molecule has 3 aromatic rings. The molecule has 0 fully saturated rings. The lowest BCUT2D eigenvalue weighted by Crippen LogP contribution is -2.39. The molecule has 0 saturated carbocycles. The van der Waals surface area contributed by atoms with Crippen LogP contribution in [0.4, 0.5) is 0 Å². The highest BCUT2D eigenvalue weighted by Gasteiger charge is 2.22. The molecule has 0 saturated heterocycles. The highest BCUT2D eigenvalue weighted by molar-refractivity contribution is 7.98. The van der Waals surface area contributed by atoms with Crippen LogP contribution in [0.1, 0.15) is 27.2 Å². The van der Waals surface area contributed by atoms with Gasteiger partial charge in [0, 0.05) is 30.8 Å². The van der Waals surface area contributed by atoms with Crippen molar-refractivity contribution in [2.24, 2.45) is 0 Å². The molecular formula is C26H28N2O5S. The van der Waals surface area contributed by atoms with Crippen molar-refractivity contribution in [2.75, 3.05) is 32.6 Å². The molecular weight excluding hydrogens is 452 g/mol. The first-order valence-corrected chi connectivity index (χ1v) is 12.4. The van der Waals surface area contributed by atoms with Gasteiger partial charge in [-0.1, -0.05) is 54.2 Å². The molecule has 0 aliphatic carbocycles. The second kappa shape index (κ2) is 11.2. The minimum Gasteiger partial charge on any atom is -0.486 e. The van der Waals surface area contributed by atoms with Crippen molar-refractivity contribution in [3.05, 3.63) is 77.0 Å². The third-order valence-electron chi connectivity index (χ3n) is 5.53. The molecule has 1 N–H and O–H groups in total. The number of carbonyl (C=O) groups excluding carboxylic acids is 2. The molecule has 1 aliphatic heterocycles. The van der Waals surface area contributed by atoms with Crippen LogP contribution in [0, 0.1) is 6.92 Å². The Labute approximate surface area is 203 Å². The van der Waals surface area contributed by atoms with Crippen molar-refractivity contribution in [3.8, 4) is 11.5 Å². The van der Waals surface area contributed by atoms with E-state index in [0.717, 1.165) is 16.7 Å². The van der Waals surface area contributed by atoms with Crippen LogP contribution < -0.4 is 14.8 Å². The van der Waals surface area contributed by atoms with Crippen molar-refractivity contribution in [3.63, 3.8) is 0 Å². The van der Waals surface area contributed by atoms with Crippen LogP contribution >= 0.6 is 11.8 Å². The summed E-state index contributed by atoms with van der Waals surface area (Å²) in [5.41, 5.74) is 2.60. The average molecular weight is 481 g/mol. The summed E-state index contributed by atoms with van der Waals surface area (Å²) in [5, 5.41) is 3.58. The summed E-state index contributed by atoms with van der Waals surface area (Å²) in [5.74, 6) is 1.26. The van der Waals surface area contributed by atoms with Crippen LogP contribution in [-0.2, 0) is 17.8 Å². The fourth-order valence-corrected chi connectivity index (χ4v) is 4.27. The molecule has 0 spiro atoms. The van der Waals surface area contributed by atoms with Crippen LogP contribution in [-0.4, -0.2) is 49.3 Å². The number of nitrogens with one attached hydrogen (secondary N) is 1. The maximum absolute atomic E-state index is 13.3. The van der Waals surface area contributed by atoms with Gasteiger partial charge < -0.3 is 24.1 Å². The number of ether oxygens (including phenoxy) is 2. The number of amides is 2. The summed E-state index contributed by atoms with van der Waals surface area (Å²) >= 11 is 1.45. The van der Waals surface area contributed by atoms with Crippen LogP contribution in [0.2, 0.25) is 0 Å². The summed E-state index contributed by atoms with van der Waals surface area (Å²) in [6.45, 7) is 3.91. The smallest absolute Gasteiger partial charge is 0.287 e. The quantitative estimate of drug-likeness (QED) is 0.465. The summed E-state index contributed by atoms with van der Waals surface area (Å²) in [4.78, 5) is 27.7. The second-order valence-corrected chi connectivity index (χ2v) is 8.77. The van der Waals surface area contributed by atoms with E-state index in [1.165, 1.54) is 11.8 Å². The van der Waals surface area contributed by atoms with Crippen molar-refractivity contribution in [1.82, 2.24) is 10.2 Å². The molecule has 0 radical (unpaired) electrons. The summed E-state index contributed by atoms with van der Waals surface area (Å²) in [6, 6.07) is 17.2. The molecule has 0 unspecified atom stereocenters. The Hall–Kier alpha value is -3.39. The molecule has 1 aromatic heterocycles. The number of hydrogen-bond donors (Lipinski definition) is 1. The molecule has 1 aliphatic rings. The zero-order valence-electron chi connectivity index (χ0n) is 19.3. The molecule has 0 atom stereocenters. The third kappa shape index (κ3) is 5.75. The van der Waals surface area contributed by atoms with E-state index < -0.39 is 0 Å². The summed E-state index contributed by atoms with van der Waals surface area (Å²) < 4.78 is 17.0. The predicted octanol–water partition coefficient (Wildman–Crippen LogP) is 4.08. The highest BCUT2D eigenvalue weighted by atomic mass is 32.2. The number of aryl methyl sites for hydroxylation is 1. The van der Waals surface area contributed by atoms with Crippen molar-refractivity contribution >= 4 is 23.6 Å². The first-order chi connectivity index (χ1) is 16.5. The van der Waals surface area contributed by atoms with Gasteiger partial charge in [0.15, 0.2) is 22.4 Å². The van der Waals surface area contributed by atoms with Crippen molar-refractivity contribution < 1.29 is 23.5 Å². The second-order valence-electron chi connectivity index (χ2n) is 7.96. The first-order valence-electron chi connectivity index (χ1n) is 11.2. The maximum Gasteiger partial charge on any atom is 0.287 e. The molecule has 0 bridgehead atoms. The first kappa shape index (κ1) is 23.8. The van der Waals surface area contributed by atoms with Gasteiger partial charge in [-0.05, 0) is 30.9 Å². The van der Waals surface area contributed by atoms with E-state index in [4.69, 9.17) is 13.9 Å². The lowest BCUT2D eigenvalue weighted by atomic mass is 10.1. The van der Waals surface area contributed by atoms with Crippen molar-refractivity contribution in [2.45, 2.75) is 25.0 Å². The molecule has 2 amide bonds. The van der Waals surface area contributed by atoms with Gasteiger partial charge in [0.1, 0.15) is 13.2 Å². The van der Waals surface area contributed by atoms with Gasteiger partial charge in [0.25, 0.3) is 5.91 Å². The molecule has 7 nitrogen and oxygen atoms in total. The lowest BCUT2D eigenvalue weighted by Gasteiger charge is -2.25. The lowest BCUT2D eigenvalue weighted by molar-refractivity contribution is -0.131. The van der Waals surface area contributed by atoms with Gasteiger partial charge >= 0.3 is 0 Å². The Morgan fingerprint density at radius 1 is 1.06 bits per heavy atom. The zero-order chi connectivity index (χ0) is 23.9. The number of furan rings is 1. The Morgan fingerprint density at radius 2 is 1.85 bits per heavy atom. The van der Waals surface area contributed by atoms with Gasteiger partial charge in [-0.15, -0.1) is 0 Å². The topological polar surface area (TPSA) is 81.0 Å². The minimum atomic E-state index is -0.285. The summed E-state index contributed by atoms with van der Waals surface area (Å²) in [6.07, 6.45) is 2.08. The van der Waals surface area contributed by atoms with E-state index in [9.17, 15) is 9.59 Å². The van der Waals surface area contributed by atoms with E-state index in [1.807, 2.05) is 67.8 Å². The largest absolute Gasteiger partial charge is 0.486 e. The Balaban J connectivity index is 1.44. The number of carbonyl (C=O) groups is 2. The van der Waals surface area contributed by atoms with Gasteiger partial charge in [-0.25, -0.2) is 0 Å². The molecule has 4 rings (SSSR count). The predicted molar refractivity (Wildman–Crippen MR) is 131 cm³/mol. The molecule has 8 heteroatoms. The molecule has 178 valence electrons. The Morgan fingerprint density at radius 3 is 2.62 bits per heavy atom. The number of nitrogens with zero attached hydrogens (tertiary/aromatic N) is 1. The van der Waals surface area contributed by atoms with E-state index in [2.05, 4.69) is 5.32 Å². The van der Waals surface area contributed by atoms with E-state index >= 15 is 0 Å². The van der Waals surface area contributed by atoms with Gasteiger partial charge in [0.2, 0.25) is 5.91 Å². The fraction of sp³-hybridized carbons (Fsp3) is 0.308. The number of fused-ring (bicyclic) bond motifs is 1. The van der Waals surface area contributed by atoms with Crippen LogP contribution in [0.3, 0.4) is 0 Å². The monoisotopic (exact) mass is 480 g/mol. The van der Waals surface area contributed by atoms with Crippen molar-refractivity contribution in [1.29, 1.82) is 0 Å². The van der Waals surface area contributed by atoms with Crippen LogP contribution in [0.25, 0.3) is 0 Å². The Bertz CT molecular complexity index is 1150. The number of para-hydroxylation sites is 1. The highest BCUT2D eigenvalue weighted by Crippen LogP contribution is 2.34. The number of hydrogen-bond acceptors (Lipinski definition) is 6. The fourth-order valence-electron chi connectivity index (χ4n) is 3.81. The van der Waals surface area contributed by atoms with Gasteiger partial charge in [-0.2, -0.15) is 0 Å². The SMILES string of the molecule is CSc1cc(C)c(C(=O)NCCN(Cc2ccccc2)C(=O)Cc2cccc3c2OCCO3)o1. The van der Waals surface area contributed by atoms with Gasteiger partial charge in [-0.3, -0.25) is 9.59 Å². The molecule has 34 heavy (non-hydrogen) atoms. The van der Waals surface area contributed by atoms with Gasteiger partial charge in [0.05, 0.1) is 6.42 Å². The van der Waals surface area contributed by atoms with Crippen LogP contribution in [0.5, 0.6) is 11.5 Å². The van der Waals surface area contributed by atoms with E-state index in [1.54, 1.807) is 4.90 Å². The van der Waals surface area contributed by atoms with Crippen LogP contribution in [0.15, 0.2) is 64.1 Å². The number of benzene rings is 2. The maximum atomic E-state index is 13.3. The minimum absolute atomic E-state index is 0.0560. The van der Waals surface area contributed by atoms with E-state index in [0.29, 0.717) is 55.2 Å². The normalized spacial score (nSPS) is 12.3. The van der Waals surface area contributed by atoms with E-state index in [-0.39, 0.29) is 18.2 Å². The molecule has 2 heterocycles. The zero-order valence-corrected chi connectivity index (χ0v) is 20.2.